The quantitative estimate of drug-likeness (QED) is 0.717. The number of aromatic carboxylic acids is 1. The molecule has 0 atom stereocenters. The largest absolute Gasteiger partial charge is 0.476 e. The lowest BCUT2D eigenvalue weighted by molar-refractivity contribution is 0.0692. The summed E-state index contributed by atoms with van der Waals surface area (Å²) in [6, 6.07) is 0. The van der Waals surface area contributed by atoms with E-state index < -0.39 is 5.97 Å². The summed E-state index contributed by atoms with van der Waals surface area (Å²) in [6.07, 6.45) is 1.53. The monoisotopic (exact) mass is 216 g/mol. The summed E-state index contributed by atoms with van der Waals surface area (Å²) in [6.45, 7) is 0.641. The second-order valence-electron chi connectivity index (χ2n) is 2.72. The molecule has 0 aliphatic rings. The van der Waals surface area contributed by atoms with E-state index in [-0.39, 0.29) is 10.7 Å². The zero-order valence-corrected chi connectivity index (χ0v) is 8.63. The zero-order valence-electron chi connectivity index (χ0n) is 7.82. The molecule has 0 bridgehead atoms. The average molecular weight is 216 g/mol. The molecule has 0 amide bonds. The Morgan fingerprint density at radius 1 is 1.71 bits per heavy atom. The number of carboxylic acids is 1. The van der Waals surface area contributed by atoms with Crippen LogP contribution in [0.25, 0.3) is 0 Å². The molecular formula is C8H12N2O3S. The summed E-state index contributed by atoms with van der Waals surface area (Å²) >= 11 is 1.22. The molecule has 0 radical (unpaired) electrons. The maximum atomic E-state index is 10.6. The van der Waals surface area contributed by atoms with Crippen LogP contribution in [0.3, 0.4) is 0 Å². The first-order valence-electron chi connectivity index (χ1n) is 4.12. The van der Waals surface area contributed by atoms with Crippen LogP contribution in [0.15, 0.2) is 0 Å². The molecule has 3 N–H and O–H groups in total. The highest BCUT2D eigenvalue weighted by Gasteiger charge is 2.14. The molecule has 0 fully saturated rings. The van der Waals surface area contributed by atoms with Crippen molar-refractivity contribution >= 4 is 22.3 Å². The Bertz CT molecular complexity index is 324. The van der Waals surface area contributed by atoms with E-state index in [1.54, 1.807) is 7.11 Å². The van der Waals surface area contributed by atoms with Crippen LogP contribution >= 0.6 is 11.3 Å². The van der Waals surface area contributed by atoms with Gasteiger partial charge in [0.05, 0.1) is 5.01 Å². The van der Waals surface area contributed by atoms with E-state index in [1.807, 2.05) is 0 Å². The second kappa shape index (κ2) is 4.92. The second-order valence-corrected chi connectivity index (χ2v) is 3.84. The zero-order chi connectivity index (χ0) is 10.6. The minimum atomic E-state index is -1.07. The van der Waals surface area contributed by atoms with E-state index in [1.165, 1.54) is 11.3 Å². The van der Waals surface area contributed by atoms with E-state index in [0.29, 0.717) is 13.0 Å². The molecule has 14 heavy (non-hydrogen) atoms. The van der Waals surface area contributed by atoms with Crippen LogP contribution in [0.5, 0.6) is 0 Å². The average Bonchev–Trinajstić information content (AvgIpc) is 2.47. The number of thiazole rings is 1. The van der Waals surface area contributed by atoms with Crippen molar-refractivity contribution in [2.24, 2.45) is 0 Å². The molecule has 1 rings (SSSR count). The van der Waals surface area contributed by atoms with Gasteiger partial charge in [0, 0.05) is 20.1 Å². The number of aryl methyl sites for hydroxylation is 1. The highest BCUT2D eigenvalue weighted by Crippen LogP contribution is 2.21. The molecule has 0 spiro atoms. The highest BCUT2D eigenvalue weighted by molar-refractivity contribution is 7.15. The fourth-order valence-electron chi connectivity index (χ4n) is 1.01. The molecule has 0 aromatic carbocycles. The van der Waals surface area contributed by atoms with Crippen molar-refractivity contribution in [3.63, 3.8) is 0 Å². The van der Waals surface area contributed by atoms with Crippen molar-refractivity contribution in [1.29, 1.82) is 0 Å². The molecule has 1 aromatic heterocycles. The van der Waals surface area contributed by atoms with Crippen LogP contribution in [0.1, 0.15) is 21.9 Å². The number of nitrogens with zero attached hydrogens (tertiary/aromatic N) is 1. The summed E-state index contributed by atoms with van der Waals surface area (Å²) in [7, 11) is 1.62. The summed E-state index contributed by atoms with van der Waals surface area (Å²) in [4.78, 5) is 14.5. The number of hydrogen-bond acceptors (Lipinski definition) is 5. The third kappa shape index (κ3) is 2.68. The Kier molecular flexibility index (Phi) is 3.84. The van der Waals surface area contributed by atoms with E-state index in [0.717, 1.165) is 11.4 Å². The van der Waals surface area contributed by atoms with Gasteiger partial charge in [-0.15, -0.1) is 11.3 Å². The van der Waals surface area contributed by atoms with Gasteiger partial charge in [0.2, 0.25) is 0 Å². The normalized spacial score (nSPS) is 10.4. The minimum Gasteiger partial charge on any atom is -0.476 e. The number of carboxylic acid groups (broad SMARTS) is 1. The maximum Gasteiger partial charge on any atom is 0.357 e. The Hall–Kier alpha value is -1.14. The van der Waals surface area contributed by atoms with E-state index in [9.17, 15) is 4.79 Å². The molecular weight excluding hydrogens is 204 g/mol. The van der Waals surface area contributed by atoms with Crippen LogP contribution in [0.4, 0.5) is 5.00 Å². The predicted octanol–water partition coefficient (Wildman–Crippen LogP) is 1.00. The van der Waals surface area contributed by atoms with E-state index in [2.05, 4.69) is 4.98 Å². The molecule has 78 valence electrons. The molecule has 0 aliphatic carbocycles. The van der Waals surface area contributed by atoms with E-state index in [4.69, 9.17) is 15.6 Å². The van der Waals surface area contributed by atoms with E-state index >= 15 is 0 Å². The third-order valence-electron chi connectivity index (χ3n) is 1.64. The minimum absolute atomic E-state index is 0.0394. The summed E-state index contributed by atoms with van der Waals surface area (Å²) < 4.78 is 4.88. The van der Waals surface area contributed by atoms with Gasteiger partial charge in [-0.1, -0.05) is 0 Å². The van der Waals surface area contributed by atoms with Gasteiger partial charge in [-0.3, -0.25) is 0 Å². The Morgan fingerprint density at radius 2 is 2.43 bits per heavy atom. The molecule has 5 nitrogen and oxygen atoms in total. The Balaban J connectivity index is 2.62. The Labute approximate surface area is 85.5 Å². The molecule has 0 aliphatic heterocycles. The topological polar surface area (TPSA) is 85.4 Å². The lowest BCUT2D eigenvalue weighted by atomic mass is 10.3. The number of hydrogen-bond donors (Lipinski definition) is 2. The highest BCUT2D eigenvalue weighted by atomic mass is 32.1. The number of ether oxygens (including phenoxy) is 1. The standard InChI is InChI=1S/C8H12N2O3S/c1-13-4-2-3-5-10-6(8(11)12)7(9)14-5/h2-4,9H2,1H3,(H,11,12). The molecule has 0 saturated heterocycles. The number of anilines is 1. The van der Waals surface area contributed by atoms with Crippen molar-refractivity contribution < 1.29 is 14.6 Å². The number of nitrogens with two attached hydrogens (primary N) is 1. The fraction of sp³-hybridized carbons (Fsp3) is 0.500. The van der Waals surface area contributed by atoms with Gasteiger partial charge < -0.3 is 15.6 Å². The summed E-state index contributed by atoms with van der Waals surface area (Å²) in [5.41, 5.74) is 5.45. The number of rotatable bonds is 5. The molecule has 0 saturated carbocycles. The van der Waals surface area contributed by atoms with Crippen LogP contribution in [-0.2, 0) is 11.2 Å². The molecule has 1 aromatic rings. The van der Waals surface area contributed by atoms with Crippen LogP contribution in [0, 0.1) is 0 Å². The van der Waals surface area contributed by atoms with Gasteiger partial charge in [-0.25, -0.2) is 9.78 Å². The third-order valence-corrected chi connectivity index (χ3v) is 2.58. The molecule has 6 heteroatoms. The van der Waals surface area contributed by atoms with Crippen LogP contribution < -0.4 is 5.73 Å². The summed E-state index contributed by atoms with van der Waals surface area (Å²) in [5, 5.41) is 9.71. The van der Waals surface area contributed by atoms with Crippen molar-refractivity contribution in [3.8, 4) is 0 Å². The molecule has 1 heterocycles. The number of carbonyl (C=O) groups is 1. The number of nitrogen functional groups attached to an aromatic ring is 1. The van der Waals surface area contributed by atoms with Gasteiger partial charge in [-0.2, -0.15) is 0 Å². The van der Waals surface area contributed by atoms with Gasteiger partial charge in [0.25, 0.3) is 0 Å². The summed E-state index contributed by atoms with van der Waals surface area (Å²) in [5.74, 6) is -1.07. The first kappa shape index (κ1) is 10.9. The van der Waals surface area contributed by atoms with Crippen LogP contribution in [0.2, 0.25) is 0 Å². The van der Waals surface area contributed by atoms with Crippen LogP contribution in [-0.4, -0.2) is 29.8 Å². The Morgan fingerprint density at radius 3 is 2.93 bits per heavy atom. The lowest BCUT2D eigenvalue weighted by Gasteiger charge is -1.94. The first-order valence-corrected chi connectivity index (χ1v) is 4.94. The van der Waals surface area contributed by atoms with Crippen molar-refractivity contribution in [2.75, 3.05) is 19.5 Å². The smallest absolute Gasteiger partial charge is 0.357 e. The van der Waals surface area contributed by atoms with Crippen molar-refractivity contribution in [3.05, 3.63) is 10.7 Å². The van der Waals surface area contributed by atoms with Gasteiger partial charge in [-0.05, 0) is 6.42 Å². The van der Waals surface area contributed by atoms with Crippen molar-refractivity contribution in [2.45, 2.75) is 12.8 Å². The predicted molar refractivity (Wildman–Crippen MR) is 53.7 cm³/mol. The lowest BCUT2D eigenvalue weighted by Crippen LogP contribution is -2.01. The maximum absolute atomic E-state index is 10.6. The number of aromatic nitrogens is 1. The molecule has 0 unspecified atom stereocenters. The van der Waals surface area contributed by atoms with Crippen molar-refractivity contribution in [1.82, 2.24) is 4.98 Å². The SMILES string of the molecule is COCCCc1nc(C(=O)O)c(N)s1. The van der Waals surface area contributed by atoms with Gasteiger partial charge >= 0.3 is 5.97 Å². The van der Waals surface area contributed by atoms with Gasteiger partial charge in [0.1, 0.15) is 5.00 Å². The first-order chi connectivity index (χ1) is 6.65. The fourth-order valence-corrected chi connectivity index (χ4v) is 1.87. The number of methoxy groups -OCH3 is 1. The van der Waals surface area contributed by atoms with Gasteiger partial charge in [0.15, 0.2) is 5.69 Å².